The molecule has 1 aromatic rings. The van der Waals surface area contributed by atoms with Gasteiger partial charge in [-0.2, -0.15) is 5.32 Å². The van der Waals surface area contributed by atoms with Crippen molar-refractivity contribution in [3.05, 3.63) is 23.8 Å². The van der Waals surface area contributed by atoms with Gasteiger partial charge in [-0.15, -0.1) is 0 Å². The zero-order valence-electron chi connectivity index (χ0n) is 7.08. The number of nitrogens with zero attached hydrogens (tertiary/aromatic N) is 1. The number of nitrogens with two attached hydrogens (primary N) is 1. The highest BCUT2D eigenvalue weighted by Crippen LogP contribution is 2.28. The molecule has 0 unspecified atom stereocenters. The van der Waals surface area contributed by atoms with Gasteiger partial charge in [-0.05, 0) is 30.7 Å². The van der Waals surface area contributed by atoms with Crippen LogP contribution in [0.2, 0.25) is 0 Å². The van der Waals surface area contributed by atoms with Gasteiger partial charge in [0.25, 0.3) is 0 Å². The lowest BCUT2D eigenvalue weighted by atomic mass is 10.1. The van der Waals surface area contributed by atoms with Crippen LogP contribution in [0, 0.1) is 0 Å². The highest BCUT2D eigenvalue weighted by molar-refractivity contribution is 6.02. The third-order valence-electron chi connectivity index (χ3n) is 1.96. The third kappa shape index (κ3) is 1.48. The Balaban J connectivity index is 2.29. The highest BCUT2D eigenvalue weighted by Gasteiger charge is 2.18. The van der Waals surface area contributed by atoms with Crippen molar-refractivity contribution >= 4 is 17.4 Å². The molecular formula is C9H10N3O. The zero-order chi connectivity index (χ0) is 9.26. The van der Waals surface area contributed by atoms with Crippen molar-refractivity contribution in [2.45, 2.75) is 6.42 Å². The van der Waals surface area contributed by atoms with Crippen LogP contribution in [0.5, 0.6) is 0 Å². The first-order valence-corrected chi connectivity index (χ1v) is 4.15. The Bertz CT molecular complexity index is 349. The van der Waals surface area contributed by atoms with Crippen LogP contribution in [0.25, 0.3) is 0 Å². The summed E-state index contributed by atoms with van der Waals surface area (Å²) in [6.07, 6.45) is 0.816. The average molecular weight is 176 g/mol. The molecule has 2 rings (SSSR count). The van der Waals surface area contributed by atoms with Gasteiger partial charge in [-0.25, -0.2) is 4.79 Å². The molecule has 13 heavy (non-hydrogen) atoms. The number of hydrogen-bond donors (Lipinski definition) is 2. The van der Waals surface area contributed by atoms with Gasteiger partial charge in [0.15, 0.2) is 0 Å². The number of anilines is 1. The normalized spacial score (nSPS) is 13.5. The Morgan fingerprint density at radius 1 is 1.46 bits per heavy atom. The molecule has 2 amide bonds. The van der Waals surface area contributed by atoms with Gasteiger partial charge in [-0.3, -0.25) is 0 Å². The van der Waals surface area contributed by atoms with Gasteiger partial charge in [-0.1, -0.05) is 6.07 Å². The molecule has 1 heterocycles. The molecule has 0 aromatic heterocycles. The van der Waals surface area contributed by atoms with E-state index < -0.39 is 0 Å². The van der Waals surface area contributed by atoms with Crippen LogP contribution < -0.4 is 16.4 Å². The molecule has 0 fully saturated rings. The van der Waals surface area contributed by atoms with Crippen molar-refractivity contribution in [3.8, 4) is 0 Å². The summed E-state index contributed by atoms with van der Waals surface area (Å²) in [6.45, 7) is 0.611. The van der Waals surface area contributed by atoms with Crippen molar-refractivity contribution in [1.29, 1.82) is 0 Å². The van der Waals surface area contributed by atoms with Crippen molar-refractivity contribution in [2.24, 2.45) is 5.73 Å². The van der Waals surface area contributed by atoms with Crippen molar-refractivity contribution < 1.29 is 4.79 Å². The Labute approximate surface area is 76.1 Å². The minimum absolute atomic E-state index is 0.292. The number of carbonyl (C=O) groups excluding carboxylic acids is 1. The summed E-state index contributed by atoms with van der Waals surface area (Å²) in [6, 6.07) is 5.40. The summed E-state index contributed by atoms with van der Waals surface area (Å²) >= 11 is 0. The lowest BCUT2D eigenvalue weighted by Gasteiger charge is -2.00. The lowest BCUT2D eigenvalue weighted by Crippen LogP contribution is -2.08. The van der Waals surface area contributed by atoms with E-state index in [-0.39, 0.29) is 6.03 Å². The van der Waals surface area contributed by atoms with E-state index in [0.717, 1.165) is 23.4 Å². The van der Waals surface area contributed by atoms with E-state index in [9.17, 15) is 4.79 Å². The second-order valence-electron chi connectivity index (χ2n) is 2.93. The Hall–Kier alpha value is -1.55. The third-order valence-corrected chi connectivity index (χ3v) is 1.96. The first kappa shape index (κ1) is 8.07. The van der Waals surface area contributed by atoms with Crippen LogP contribution in [0.3, 0.4) is 0 Å². The van der Waals surface area contributed by atoms with Gasteiger partial charge < -0.3 is 11.1 Å². The molecule has 1 aliphatic heterocycles. The quantitative estimate of drug-likeness (QED) is 0.704. The fourth-order valence-corrected chi connectivity index (χ4v) is 1.35. The van der Waals surface area contributed by atoms with Crippen LogP contribution in [0.1, 0.15) is 5.56 Å². The predicted octanol–water partition coefficient (Wildman–Crippen LogP) is 0.969. The van der Waals surface area contributed by atoms with Crippen molar-refractivity contribution in [2.75, 3.05) is 11.9 Å². The minimum atomic E-state index is -0.292. The van der Waals surface area contributed by atoms with E-state index in [4.69, 9.17) is 5.73 Å². The number of rotatable bonds is 2. The fraction of sp³-hybridized carbons (Fsp3) is 0.222. The Kier molecular flexibility index (Phi) is 1.90. The Morgan fingerprint density at radius 3 is 3.08 bits per heavy atom. The SMILES string of the molecule is NCCc1ccc2c(c1)[N]C(=O)N2. The van der Waals surface area contributed by atoms with Gasteiger partial charge in [0.1, 0.15) is 0 Å². The fourth-order valence-electron chi connectivity index (χ4n) is 1.35. The molecule has 0 atom stereocenters. The molecule has 1 aromatic carbocycles. The number of urea groups is 1. The van der Waals surface area contributed by atoms with E-state index in [0.29, 0.717) is 6.54 Å². The molecule has 67 valence electrons. The second kappa shape index (κ2) is 3.06. The van der Waals surface area contributed by atoms with E-state index in [2.05, 4.69) is 10.6 Å². The number of carbonyl (C=O) groups is 1. The first-order valence-electron chi connectivity index (χ1n) is 4.15. The summed E-state index contributed by atoms with van der Waals surface area (Å²) in [7, 11) is 0. The number of hydrogen-bond acceptors (Lipinski definition) is 2. The van der Waals surface area contributed by atoms with Crippen LogP contribution in [-0.2, 0) is 6.42 Å². The molecule has 0 saturated carbocycles. The average Bonchev–Trinajstić information content (AvgIpc) is 2.44. The summed E-state index contributed by atoms with van der Waals surface area (Å²) < 4.78 is 0. The Morgan fingerprint density at radius 2 is 2.31 bits per heavy atom. The largest absolute Gasteiger partial charge is 0.346 e. The molecule has 1 aliphatic rings. The molecule has 1 radical (unpaired) electrons. The maximum Gasteiger partial charge on any atom is 0.346 e. The standard InChI is InChI=1S/C9H10N3O/c10-4-3-6-1-2-7-8(5-6)12-9(13)11-7/h1-2,5H,3-4,10H2,(H,11,13). The maximum atomic E-state index is 10.9. The molecule has 4 heteroatoms. The van der Waals surface area contributed by atoms with Gasteiger partial charge in [0.2, 0.25) is 0 Å². The van der Waals surface area contributed by atoms with Crippen LogP contribution in [-0.4, -0.2) is 12.6 Å². The topological polar surface area (TPSA) is 69.2 Å². The number of amides is 2. The van der Waals surface area contributed by atoms with Crippen LogP contribution in [0.15, 0.2) is 18.2 Å². The van der Waals surface area contributed by atoms with E-state index in [1.165, 1.54) is 0 Å². The van der Waals surface area contributed by atoms with E-state index in [1.54, 1.807) is 0 Å². The maximum absolute atomic E-state index is 10.9. The summed E-state index contributed by atoms with van der Waals surface area (Å²) in [5.41, 5.74) is 8.03. The van der Waals surface area contributed by atoms with Crippen molar-refractivity contribution in [1.82, 2.24) is 5.32 Å². The predicted molar refractivity (Wildman–Crippen MR) is 50.0 cm³/mol. The molecule has 0 aliphatic carbocycles. The van der Waals surface area contributed by atoms with Crippen molar-refractivity contribution in [3.63, 3.8) is 0 Å². The van der Waals surface area contributed by atoms with Gasteiger partial charge in [0.05, 0.1) is 11.4 Å². The van der Waals surface area contributed by atoms with Gasteiger partial charge >= 0.3 is 6.03 Å². The second-order valence-corrected chi connectivity index (χ2v) is 2.93. The van der Waals surface area contributed by atoms with Crippen LogP contribution in [0.4, 0.5) is 16.2 Å². The molecule has 0 saturated heterocycles. The lowest BCUT2D eigenvalue weighted by molar-refractivity contribution is 0.256. The first-order chi connectivity index (χ1) is 6.29. The van der Waals surface area contributed by atoms with E-state index >= 15 is 0 Å². The smallest absolute Gasteiger partial charge is 0.330 e. The molecule has 3 N–H and O–H groups in total. The molecular weight excluding hydrogens is 166 g/mol. The zero-order valence-corrected chi connectivity index (χ0v) is 7.08. The van der Waals surface area contributed by atoms with Crippen LogP contribution >= 0.6 is 0 Å². The van der Waals surface area contributed by atoms with Gasteiger partial charge in [0, 0.05) is 0 Å². The highest BCUT2D eigenvalue weighted by atomic mass is 16.2. The number of benzene rings is 1. The summed E-state index contributed by atoms with van der Waals surface area (Å²) in [5, 5.41) is 6.43. The minimum Gasteiger partial charge on any atom is -0.330 e. The van der Waals surface area contributed by atoms with E-state index in [1.807, 2.05) is 18.2 Å². The number of fused-ring (bicyclic) bond motifs is 1. The number of nitrogens with one attached hydrogen (secondary N) is 1. The molecule has 0 spiro atoms. The summed E-state index contributed by atoms with van der Waals surface area (Å²) in [4.78, 5) is 10.9. The molecule has 0 bridgehead atoms. The molecule has 4 nitrogen and oxygen atoms in total. The monoisotopic (exact) mass is 176 g/mol. The summed E-state index contributed by atoms with van der Waals surface area (Å²) in [5.74, 6) is 0.